The van der Waals surface area contributed by atoms with Gasteiger partial charge in [-0.05, 0) is 70.8 Å². The molecule has 0 amide bonds. The number of hydrogen-bond donors (Lipinski definition) is 0. The quantitative estimate of drug-likeness (QED) is 0.191. The van der Waals surface area contributed by atoms with E-state index in [2.05, 4.69) is 103 Å². The number of hydrogen-bond acceptors (Lipinski definition) is 1. The molecule has 5 aromatic carbocycles. The van der Waals surface area contributed by atoms with Crippen LogP contribution in [-0.4, -0.2) is 0 Å². The minimum atomic E-state index is 0.816. The molecule has 2 nitrogen and oxygen atoms in total. The molecular weight excluding hydrogens is 524 g/mol. The summed E-state index contributed by atoms with van der Waals surface area (Å²) in [6.07, 6.45) is 6.64. The van der Waals surface area contributed by atoms with Gasteiger partial charge in [0.1, 0.15) is 11.5 Å². The van der Waals surface area contributed by atoms with Crippen molar-refractivity contribution < 1.29 is 9.15 Å². The molecule has 0 radical (unpaired) electrons. The Morgan fingerprint density at radius 1 is 0.535 bits per heavy atom. The van der Waals surface area contributed by atoms with Crippen molar-refractivity contribution in [3.63, 3.8) is 0 Å². The third kappa shape index (κ3) is 5.86. The zero-order valence-corrected chi connectivity index (χ0v) is 23.6. The van der Waals surface area contributed by atoms with Gasteiger partial charge >= 0.3 is 11.5 Å². The van der Waals surface area contributed by atoms with Crippen LogP contribution in [0.4, 0.5) is 0 Å². The Bertz CT molecular complexity index is 1900. The molecule has 0 saturated heterocycles. The van der Waals surface area contributed by atoms with Gasteiger partial charge in [-0.25, -0.2) is 4.42 Å². The number of fused-ring (bicyclic) bond motifs is 1. The van der Waals surface area contributed by atoms with E-state index in [0.717, 1.165) is 67.6 Å². The third-order valence-electron chi connectivity index (χ3n) is 7.44. The zero-order valence-electron chi connectivity index (χ0n) is 23.6. The molecule has 43 heavy (non-hydrogen) atoms. The van der Waals surface area contributed by atoms with Gasteiger partial charge in [-0.15, -0.1) is 0 Å². The van der Waals surface area contributed by atoms with Crippen LogP contribution >= 0.6 is 0 Å². The summed E-state index contributed by atoms with van der Waals surface area (Å²) in [7, 11) is 0. The van der Waals surface area contributed by atoms with Crippen LogP contribution in [0.2, 0.25) is 0 Å². The van der Waals surface area contributed by atoms with Crippen molar-refractivity contribution in [2.75, 3.05) is 0 Å². The first-order chi connectivity index (χ1) is 21.3. The third-order valence-corrected chi connectivity index (χ3v) is 7.44. The van der Waals surface area contributed by atoms with Crippen molar-refractivity contribution in [3.8, 4) is 28.4 Å². The van der Waals surface area contributed by atoms with Crippen molar-refractivity contribution in [3.05, 3.63) is 192 Å². The lowest BCUT2D eigenvalue weighted by Crippen LogP contribution is -2.03. The molecule has 0 saturated carbocycles. The van der Waals surface area contributed by atoms with Crippen LogP contribution in [0.5, 0.6) is 5.75 Å². The van der Waals surface area contributed by atoms with Crippen LogP contribution < -0.4 is 4.74 Å². The van der Waals surface area contributed by atoms with Crippen molar-refractivity contribution in [2.45, 2.75) is 0 Å². The Morgan fingerprint density at radius 2 is 1.05 bits per heavy atom. The van der Waals surface area contributed by atoms with Crippen LogP contribution in [0.15, 0.2) is 174 Å². The molecule has 6 aromatic rings. The van der Waals surface area contributed by atoms with E-state index >= 15 is 0 Å². The summed E-state index contributed by atoms with van der Waals surface area (Å²) < 4.78 is 12.8. The maximum absolute atomic E-state index is 6.47. The fourth-order valence-electron chi connectivity index (χ4n) is 5.31. The smallest absolute Gasteiger partial charge is 0.361 e. The Kier molecular flexibility index (Phi) is 7.32. The lowest BCUT2D eigenvalue weighted by Gasteiger charge is -2.21. The highest BCUT2D eigenvalue weighted by atomic mass is 16.5. The SMILES string of the molecule is C1=C(c2ccccc2)Oc2ccccc2/C1=C/C(=C/c1cc(-c2ccccc2)[o+]c(-c2ccccc2)c1)c1ccccc1. The maximum atomic E-state index is 6.47. The molecule has 2 heteroatoms. The molecule has 204 valence electrons. The molecule has 0 bridgehead atoms. The number of allylic oxidation sites excluding steroid dienone is 4. The summed E-state index contributed by atoms with van der Waals surface area (Å²) in [4.78, 5) is 0. The predicted molar refractivity (Wildman–Crippen MR) is 178 cm³/mol. The molecule has 1 aliphatic heterocycles. The van der Waals surface area contributed by atoms with Crippen molar-refractivity contribution in [1.29, 1.82) is 0 Å². The second-order valence-corrected chi connectivity index (χ2v) is 10.4. The molecule has 1 aromatic heterocycles. The maximum Gasteiger partial charge on any atom is 0.361 e. The van der Waals surface area contributed by atoms with Gasteiger partial charge in [-0.2, -0.15) is 0 Å². The molecule has 0 unspecified atom stereocenters. The van der Waals surface area contributed by atoms with Crippen LogP contribution in [0.25, 0.3) is 45.6 Å². The summed E-state index contributed by atoms with van der Waals surface area (Å²) in [5.74, 6) is 3.31. The highest BCUT2D eigenvalue weighted by Gasteiger charge is 2.21. The monoisotopic (exact) mass is 553 g/mol. The molecular formula is C41H29O2+. The van der Waals surface area contributed by atoms with Crippen LogP contribution in [0, 0.1) is 0 Å². The van der Waals surface area contributed by atoms with Crippen molar-refractivity contribution in [2.24, 2.45) is 0 Å². The lowest BCUT2D eigenvalue weighted by atomic mass is 9.94. The fourth-order valence-corrected chi connectivity index (χ4v) is 5.31. The first-order valence-electron chi connectivity index (χ1n) is 14.4. The highest BCUT2D eigenvalue weighted by Crippen LogP contribution is 2.39. The van der Waals surface area contributed by atoms with Gasteiger partial charge in [-0.1, -0.05) is 115 Å². The number of ether oxygens (including phenoxy) is 1. The van der Waals surface area contributed by atoms with Gasteiger partial charge in [0.2, 0.25) is 0 Å². The van der Waals surface area contributed by atoms with Crippen LogP contribution in [0.1, 0.15) is 22.3 Å². The Hall–Kier alpha value is -5.73. The van der Waals surface area contributed by atoms with E-state index in [1.165, 1.54) is 0 Å². The number of benzene rings is 5. The molecule has 0 aliphatic carbocycles. The molecule has 1 aliphatic rings. The van der Waals surface area contributed by atoms with Gasteiger partial charge < -0.3 is 4.74 Å². The largest absolute Gasteiger partial charge is 0.456 e. The van der Waals surface area contributed by atoms with E-state index < -0.39 is 0 Å². The Labute approximate surface area is 252 Å². The average molecular weight is 554 g/mol. The Morgan fingerprint density at radius 3 is 1.65 bits per heavy atom. The van der Waals surface area contributed by atoms with Gasteiger partial charge in [0.25, 0.3) is 0 Å². The molecule has 0 atom stereocenters. The van der Waals surface area contributed by atoms with E-state index in [0.29, 0.717) is 0 Å². The second-order valence-electron chi connectivity index (χ2n) is 10.4. The Balaban J connectivity index is 1.42. The van der Waals surface area contributed by atoms with Crippen LogP contribution in [-0.2, 0) is 0 Å². The van der Waals surface area contributed by atoms with E-state index in [-0.39, 0.29) is 0 Å². The minimum Gasteiger partial charge on any atom is -0.456 e. The van der Waals surface area contributed by atoms with Crippen molar-refractivity contribution in [1.82, 2.24) is 0 Å². The van der Waals surface area contributed by atoms with Crippen molar-refractivity contribution >= 4 is 23.0 Å². The van der Waals surface area contributed by atoms with E-state index in [1.54, 1.807) is 0 Å². The lowest BCUT2D eigenvalue weighted by molar-refractivity contribution is 0.509. The molecule has 2 heterocycles. The van der Waals surface area contributed by atoms with E-state index in [9.17, 15) is 0 Å². The van der Waals surface area contributed by atoms with Gasteiger partial charge in [0.15, 0.2) is 0 Å². The van der Waals surface area contributed by atoms with E-state index in [4.69, 9.17) is 9.15 Å². The number of para-hydroxylation sites is 1. The predicted octanol–water partition coefficient (Wildman–Crippen LogP) is 11.0. The summed E-state index contributed by atoms with van der Waals surface area (Å²) in [6.45, 7) is 0. The molecule has 7 rings (SSSR count). The molecule has 0 N–H and O–H groups in total. The zero-order chi connectivity index (χ0) is 28.8. The first-order valence-corrected chi connectivity index (χ1v) is 14.4. The summed E-state index contributed by atoms with van der Waals surface area (Å²) in [5, 5.41) is 0. The van der Waals surface area contributed by atoms with Gasteiger partial charge in [0, 0.05) is 11.1 Å². The topological polar surface area (TPSA) is 20.5 Å². The fraction of sp³-hybridized carbons (Fsp3) is 0. The minimum absolute atomic E-state index is 0.816. The van der Waals surface area contributed by atoms with E-state index in [1.807, 2.05) is 72.8 Å². The second kappa shape index (κ2) is 12.0. The average Bonchev–Trinajstić information content (AvgIpc) is 3.09. The standard InChI is InChI=1S/C41H29O2/c1-5-15-31(16-6-1)35(28-36-29-41(34-21-11-4-12-22-34)42-38-24-14-13-23-37(36)38)25-30-26-39(32-17-7-2-8-18-32)43-40(27-30)33-19-9-3-10-20-33/h1-29H/q+1. The molecule has 0 spiro atoms. The van der Waals surface area contributed by atoms with Gasteiger partial charge in [-0.3, -0.25) is 0 Å². The summed E-state index contributed by atoms with van der Waals surface area (Å²) in [5.41, 5.74) is 8.50. The highest BCUT2D eigenvalue weighted by molar-refractivity contribution is 5.98. The summed E-state index contributed by atoms with van der Waals surface area (Å²) in [6, 6.07) is 53.7. The first kappa shape index (κ1) is 26.2. The normalized spacial score (nSPS) is 13.6. The molecule has 0 fully saturated rings. The van der Waals surface area contributed by atoms with Crippen LogP contribution in [0.3, 0.4) is 0 Å². The number of rotatable bonds is 6. The van der Waals surface area contributed by atoms with Gasteiger partial charge in [0.05, 0.1) is 23.3 Å². The summed E-state index contributed by atoms with van der Waals surface area (Å²) >= 11 is 0.